The first-order valence-electron chi connectivity index (χ1n) is 28.1. The molecule has 484 valence electrons. The Morgan fingerprint density at radius 2 is 1.49 bits per heavy atom. The van der Waals surface area contributed by atoms with E-state index in [0.717, 1.165) is 32.3 Å². The molecule has 0 spiro atoms. The number of amides is 8. The summed E-state index contributed by atoms with van der Waals surface area (Å²) in [6.07, 6.45) is -17.4. The van der Waals surface area contributed by atoms with Gasteiger partial charge in [-0.2, -0.15) is 0 Å². The van der Waals surface area contributed by atoms with Gasteiger partial charge in [-0.05, 0) is 67.4 Å². The maximum absolute atomic E-state index is 14.6. The summed E-state index contributed by atoms with van der Waals surface area (Å²) in [6, 6.07) is 3.62. The van der Waals surface area contributed by atoms with Crippen LogP contribution in [0.25, 0.3) is 22.6 Å². The molecule has 3 saturated heterocycles. The number of fused-ring (bicyclic) bond motifs is 1. The summed E-state index contributed by atoms with van der Waals surface area (Å²) in [5.74, 6) is -12.8. The van der Waals surface area contributed by atoms with Gasteiger partial charge in [0.25, 0.3) is 16.3 Å². The van der Waals surface area contributed by atoms with E-state index in [1.54, 1.807) is 30.3 Å². The van der Waals surface area contributed by atoms with Gasteiger partial charge in [-0.1, -0.05) is 50.0 Å². The predicted octanol–water partition coefficient (Wildman–Crippen LogP) is -7.24. The van der Waals surface area contributed by atoms with Crippen LogP contribution in [0.5, 0.6) is 17.2 Å². The minimum Gasteiger partial charge on any atom is -0.716 e. The Morgan fingerprint density at radius 1 is 0.833 bits per heavy atom. The zero-order valence-electron chi connectivity index (χ0n) is 49.0. The molecule has 8 amide bonds. The van der Waals surface area contributed by atoms with Crippen molar-refractivity contribution >= 4 is 57.7 Å². The van der Waals surface area contributed by atoms with Crippen LogP contribution in [0.1, 0.15) is 81.3 Å². The molecule has 34 heteroatoms. The maximum Gasteiger partial charge on any atom is 1.00 e. The van der Waals surface area contributed by atoms with Crippen LogP contribution in [0.4, 0.5) is 0 Å². The number of aliphatic hydroxyl groups is 8. The van der Waals surface area contributed by atoms with Gasteiger partial charge in [-0.15, -0.1) is 0 Å². The molecule has 3 aliphatic heterocycles. The quantitative estimate of drug-likeness (QED) is 0.0202. The molecule has 7 rings (SSSR count). The standard InChI is InChI=1S/C56H71N9O23S.Na/c1-4-5-6-17-86-32-14-11-28(12-15-32)39-21-33(63-87-39)27-7-9-29(10-8-27)50(76)58-34-20-38(70)53(79)59-41(71)22-37(69)43(56(82)65-23-25(2)46(72)45(65)49(57)75)61-54(80)44(48(74)47(73)30-13-16-36(68)40(18-30)88-89(83,84)85)62-52(78)35-19-31(67)24-64(35)55(81)42(26(3)66)60-51(34)77;/h7-16,18,21,25-26,31,34-35,37-38,42-48,53,66-70,72-74,79H,4-6,17,19-20,22-24H2,1-3H3,(H2,57,75)(H,58,76)(H,59,71)(H,60,77)(H,61,80)(H,62,78)(H,83,84,85);/q;+1/p-1/t25-,26?,31+,34-,35-,37+,38+,42-,43-,44-,45-,46-,47?,48?,53+;/m0./s1. The van der Waals surface area contributed by atoms with Crippen LogP contribution >= 0.6 is 0 Å². The number of aromatic hydroxyl groups is 1. The largest absolute Gasteiger partial charge is 1.00 e. The van der Waals surface area contributed by atoms with E-state index in [2.05, 4.69) is 32.2 Å². The van der Waals surface area contributed by atoms with Crippen molar-refractivity contribution in [3.8, 4) is 39.8 Å². The molecule has 0 aliphatic carbocycles. The van der Waals surface area contributed by atoms with E-state index in [0.29, 0.717) is 56.9 Å². The van der Waals surface area contributed by atoms with Crippen molar-refractivity contribution in [3.63, 3.8) is 0 Å². The van der Waals surface area contributed by atoms with Crippen LogP contribution in [0.15, 0.2) is 77.3 Å². The summed E-state index contributed by atoms with van der Waals surface area (Å²) in [5, 5.41) is 116. The van der Waals surface area contributed by atoms with E-state index in [1.165, 1.54) is 31.2 Å². The second-order valence-electron chi connectivity index (χ2n) is 21.9. The van der Waals surface area contributed by atoms with E-state index in [9.17, 15) is 97.3 Å². The summed E-state index contributed by atoms with van der Waals surface area (Å²) < 4.78 is 49.9. The number of hydrogen-bond donors (Lipinski definition) is 15. The first kappa shape index (κ1) is 71.7. The number of primary amides is 1. The van der Waals surface area contributed by atoms with E-state index in [1.807, 2.05) is 10.6 Å². The van der Waals surface area contributed by atoms with E-state index in [-0.39, 0.29) is 35.1 Å². The number of phenols is 1. The van der Waals surface area contributed by atoms with Gasteiger partial charge in [0, 0.05) is 54.6 Å². The molecule has 3 aromatic carbocycles. The number of unbranched alkanes of at least 4 members (excludes halogenated alkanes) is 2. The normalized spacial score (nSPS) is 26.7. The first-order valence-corrected chi connectivity index (χ1v) is 29.4. The molecule has 15 atom stereocenters. The number of nitrogens with two attached hydrogens (primary N) is 1. The molecule has 1 aromatic heterocycles. The molecule has 32 nitrogen and oxygen atoms in total. The van der Waals surface area contributed by atoms with Gasteiger partial charge >= 0.3 is 29.6 Å². The third-order valence-corrected chi connectivity index (χ3v) is 15.6. The van der Waals surface area contributed by atoms with Gasteiger partial charge in [0.05, 0.1) is 37.4 Å². The number of nitrogens with zero attached hydrogens (tertiary/aromatic N) is 3. The molecular formula is C56H70N9NaO23S. The van der Waals surface area contributed by atoms with Crippen molar-refractivity contribution in [1.82, 2.24) is 41.5 Å². The van der Waals surface area contributed by atoms with Gasteiger partial charge < -0.3 is 106 Å². The van der Waals surface area contributed by atoms with Gasteiger partial charge in [0.2, 0.25) is 41.4 Å². The van der Waals surface area contributed by atoms with E-state index >= 15 is 0 Å². The van der Waals surface area contributed by atoms with Crippen molar-refractivity contribution in [2.75, 3.05) is 19.7 Å². The summed E-state index contributed by atoms with van der Waals surface area (Å²) in [7, 11) is -5.61. The van der Waals surface area contributed by atoms with Crippen molar-refractivity contribution in [2.45, 2.75) is 145 Å². The number of aromatic nitrogens is 1. The van der Waals surface area contributed by atoms with E-state index in [4.69, 9.17) is 15.0 Å². The van der Waals surface area contributed by atoms with Crippen LogP contribution in [-0.4, -0.2) is 220 Å². The van der Waals surface area contributed by atoms with Gasteiger partial charge in [-0.25, -0.2) is 8.42 Å². The fourth-order valence-corrected chi connectivity index (χ4v) is 10.7. The average Bonchev–Trinajstić information content (AvgIpc) is 2.07. The summed E-state index contributed by atoms with van der Waals surface area (Å²) in [5.41, 5.74) is 6.34. The Bertz CT molecular complexity index is 3340. The van der Waals surface area contributed by atoms with Crippen LogP contribution in [0.2, 0.25) is 0 Å². The Balaban J connectivity index is 0.0000129. The third kappa shape index (κ3) is 17.8. The van der Waals surface area contributed by atoms with Gasteiger partial charge in [0.1, 0.15) is 66.0 Å². The van der Waals surface area contributed by atoms with Crippen LogP contribution in [0.3, 0.4) is 0 Å². The Hall–Kier alpha value is -7.38. The van der Waals surface area contributed by atoms with E-state index < -0.39 is 198 Å². The Labute approximate surface area is 536 Å². The Kier molecular flexibility index (Phi) is 24.8. The molecule has 3 fully saturated rings. The molecule has 0 saturated carbocycles. The number of carbonyl (C=O) groups is 8. The second kappa shape index (κ2) is 31.1. The number of phenolic OH excluding ortho intramolecular Hbond substituents is 1. The third-order valence-electron chi connectivity index (χ3n) is 15.2. The molecule has 16 N–H and O–H groups in total. The minimum atomic E-state index is -5.61. The number of likely N-dealkylation sites (tertiary alicyclic amines) is 1. The van der Waals surface area contributed by atoms with Crippen molar-refractivity contribution < 1.29 is 140 Å². The topological polar surface area (TPSA) is 513 Å². The zero-order valence-corrected chi connectivity index (χ0v) is 51.8. The SMILES string of the molecule is CCCCCOc1ccc(-c2cc(-c3ccc(C(=O)N[C@H]4C[C@@H](O)[C@@H](O)NC(=O)C[C@@H](O)[C@@H](C(=O)N5C[C@H](C)[C@H](O)[C@H]5C(N)=O)NC(=O)[C@H](C(O)C(O)c5ccc(O)c(OS(=O)(=O)[O-])c5)NC(=O)[C@@H]5C[C@@H](O)CN5C(=O)[C@H](C(C)O)NC4=O)cc3)no2)cc1.[Na+]. The summed E-state index contributed by atoms with van der Waals surface area (Å²) >= 11 is 0. The summed E-state index contributed by atoms with van der Waals surface area (Å²) in [4.78, 5) is 114. The van der Waals surface area contributed by atoms with Crippen molar-refractivity contribution in [1.29, 1.82) is 0 Å². The van der Waals surface area contributed by atoms with Gasteiger partial charge in [-0.3, -0.25) is 38.4 Å². The number of nitrogens with one attached hydrogen (secondary N) is 5. The fourth-order valence-electron chi connectivity index (χ4n) is 10.3. The number of ether oxygens (including phenoxy) is 1. The van der Waals surface area contributed by atoms with Crippen LogP contribution < -0.4 is 70.8 Å². The van der Waals surface area contributed by atoms with Crippen LogP contribution in [0, 0.1) is 5.92 Å². The monoisotopic (exact) mass is 1290 g/mol. The smallest absolute Gasteiger partial charge is 0.716 e. The molecular weight excluding hydrogens is 1220 g/mol. The molecule has 3 unspecified atom stereocenters. The molecule has 0 radical (unpaired) electrons. The maximum atomic E-state index is 14.6. The number of carbonyl (C=O) groups excluding carboxylic acids is 8. The number of rotatable bonds is 17. The van der Waals surface area contributed by atoms with Crippen molar-refractivity contribution in [3.05, 3.63) is 83.9 Å². The van der Waals surface area contributed by atoms with Gasteiger partial charge in [0.15, 0.2) is 23.5 Å². The molecule has 4 heterocycles. The Morgan fingerprint density at radius 3 is 2.12 bits per heavy atom. The summed E-state index contributed by atoms with van der Waals surface area (Å²) in [6.45, 7) is 3.87. The zero-order chi connectivity index (χ0) is 65.3. The fraction of sp³-hybridized carbons (Fsp3) is 0.482. The number of aliphatic hydroxyl groups excluding tert-OH is 8. The predicted molar refractivity (Wildman–Crippen MR) is 302 cm³/mol. The average molecular weight is 1290 g/mol. The number of hydrogen-bond acceptors (Lipinski definition) is 24. The second-order valence-corrected chi connectivity index (χ2v) is 22.9. The minimum absolute atomic E-state index is 0. The molecule has 4 aromatic rings. The van der Waals surface area contributed by atoms with Crippen molar-refractivity contribution in [2.24, 2.45) is 11.7 Å². The molecule has 90 heavy (non-hydrogen) atoms. The first-order chi connectivity index (χ1) is 42.0. The molecule has 3 aliphatic rings. The van der Waals surface area contributed by atoms with Crippen LogP contribution in [-0.2, 0) is 44.0 Å². The number of benzene rings is 3. The molecule has 0 bridgehead atoms.